The van der Waals surface area contributed by atoms with E-state index in [1.165, 1.54) is 25.8 Å². The molecule has 2 N–H and O–H groups in total. The van der Waals surface area contributed by atoms with Crippen molar-refractivity contribution in [1.29, 1.82) is 0 Å². The van der Waals surface area contributed by atoms with Crippen LogP contribution in [-0.4, -0.2) is 40.9 Å². The van der Waals surface area contributed by atoms with Gasteiger partial charge in [-0.25, -0.2) is 9.78 Å². The number of aliphatic carboxylic acids is 1. The zero-order valence-corrected chi connectivity index (χ0v) is 10.9. The summed E-state index contributed by atoms with van der Waals surface area (Å²) in [6, 6.07) is 4.29. The lowest BCUT2D eigenvalue weighted by atomic mass is 10.3. The van der Waals surface area contributed by atoms with Gasteiger partial charge in [-0.15, -0.1) is 11.8 Å². The van der Waals surface area contributed by atoms with Gasteiger partial charge in [0.05, 0.1) is 7.11 Å². The molecule has 0 spiro atoms. The van der Waals surface area contributed by atoms with Gasteiger partial charge in [-0.2, -0.15) is 0 Å². The Bertz CT molecular complexity index is 439. The molecule has 1 aromatic heterocycles. The van der Waals surface area contributed by atoms with Crippen molar-refractivity contribution in [2.75, 3.05) is 12.9 Å². The fourth-order valence-electron chi connectivity index (χ4n) is 1.18. The number of hydrogen-bond acceptors (Lipinski definition) is 5. The lowest BCUT2D eigenvalue weighted by molar-refractivity contribution is -0.140. The number of ether oxygens (including phenoxy) is 1. The highest BCUT2D eigenvalue weighted by Crippen LogP contribution is 2.19. The number of carboxylic acids is 1. The predicted molar refractivity (Wildman–Crippen MR) is 66.8 cm³/mol. The van der Waals surface area contributed by atoms with Crippen LogP contribution < -0.4 is 10.1 Å². The average molecular weight is 270 g/mol. The van der Waals surface area contributed by atoms with Crippen molar-refractivity contribution in [2.24, 2.45) is 0 Å². The third kappa shape index (κ3) is 4.62. The second-order valence-electron chi connectivity index (χ2n) is 3.42. The van der Waals surface area contributed by atoms with Gasteiger partial charge in [-0.1, -0.05) is 6.07 Å². The Kier molecular flexibility index (Phi) is 5.44. The number of carbonyl (C=O) groups is 2. The van der Waals surface area contributed by atoms with Crippen LogP contribution >= 0.6 is 11.8 Å². The summed E-state index contributed by atoms with van der Waals surface area (Å²) in [4.78, 5) is 25.9. The molecule has 1 atom stereocenters. The van der Waals surface area contributed by atoms with E-state index in [0.717, 1.165) is 0 Å². The zero-order chi connectivity index (χ0) is 13.5. The lowest BCUT2D eigenvalue weighted by Crippen LogP contribution is -2.41. The van der Waals surface area contributed by atoms with E-state index in [0.29, 0.717) is 10.9 Å². The standard InChI is InChI=1S/C11H14N2O4S/c1-7(14)12-8(11(15)16)6-18-10-5-3-4-9(13-10)17-2/h3-5,8H,6H2,1-2H3,(H,12,14)(H,15,16). The Morgan fingerprint density at radius 2 is 2.28 bits per heavy atom. The van der Waals surface area contributed by atoms with Crippen LogP contribution in [0.4, 0.5) is 0 Å². The molecule has 7 heteroatoms. The molecule has 1 amide bonds. The van der Waals surface area contributed by atoms with Crippen molar-refractivity contribution >= 4 is 23.6 Å². The molecule has 1 rings (SSSR count). The normalized spacial score (nSPS) is 11.7. The molecule has 0 aromatic carbocycles. The molecular formula is C11H14N2O4S. The van der Waals surface area contributed by atoms with E-state index in [1.807, 2.05) is 0 Å². The Hall–Kier alpha value is -1.76. The van der Waals surface area contributed by atoms with Crippen molar-refractivity contribution in [3.05, 3.63) is 18.2 Å². The lowest BCUT2D eigenvalue weighted by Gasteiger charge is -2.12. The van der Waals surface area contributed by atoms with E-state index in [-0.39, 0.29) is 11.7 Å². The molecule has 0 aliphatic rings. The Balaban J connectivity index is 2.60. The number of rotatable bonds is 6. The summed E-state index contributed by atoms with van der Waals surface area (Å²) < 4.78 is 4.96. The van der Waals surface area contributed by atoms with Crippen LogP contribution in [0, 0.1) is 0 Å². The summed E-state index contributed by atoms with van der Waals surface area (Å²) in [5.41, 5.74) is 0. The average Bonchev–Trinajstić information content (AvgIpc) is 2.34. The molecule has 1 aromatic rings. The van der Waals surface area contributed by atoms with Gasteiger partial charge in [0, 0.05) is 18.7 Å². The second-order valence-corrected chi connectivity index (χ2v) is 4.46. The van der Waals surface area contributed by atoms with Gasteiger partial charge in [0.1, 0.15) is 11.1 Å². The van der Waals surface area contributed by atoms with Gasteiger partial charge in [0.2, 0.25) is 11.8 Å². The van der Waals surface area contributed by atoms with E-state index in [1.54, 1.807) is 18.2 Å². The number of nitrogens with zero attached hydrogens (tertiary/aromatic N) is 1. The summed E-state index contributed by atoms with van der Waals surface area (Å²) in [7, 11) is 1.51. The summed E-state index contributed by atoms with van der Waals surface area (Å²) in [5.74, 6) is -0.775. The summed E-state index contributed by atoms with van der Waals surface area (Å²) in [5, 5.41) is 11.9. The van der Waals surface area contributed by atoms with Gasteiger partial charge in [0.15, 0.2) is 0 Å². The Labute approximate surface area is 109 Å². The van der Waals surface area contributed by atoms with Crippen LogP contribution in [-0.2, 0) is 9.59 Å². The molecule has 18 heavy (non-hydrogen) atoms. The monoisotopic (exact) mass is 270 g/mol. The van der Waals surface area contributed by atoms with Crippen LogP contribution in [0.15, 0.2) is 23.2 Å². The fraction of sp³-hybridized carbons (Fsp3) is 0.364. The number of methoxy groups -OCH3 is 1. The second kappa shape index (κ2) is 6.85. The molecule has 1 unspecified atom stereocenters. The van der Waals surface area contributed by atoms with Gasteiger partial charge >= 0.3 is 5.97 Å². The largest absolute Gasteiger partial charge is 0.481 e. The maximum absolute atomic E-state index is 10.9. The first-order valence-corrected chi connectivity index (χ1v) is 6.15. The summed E-state index contributed by atoms with van der Waals surface area (Å²) in [6.07, 6.45) is 0. The van der Waals surface area contributed by atoms with E-state index >= 15 is 0 Å². The number of hydrogen-bond donors (Lipinski definition) is 2. The quantitative estimate of drug-likeness (QED) is 0.742. The maximum atomic E-state index is 10.9. The molecular weight excluding hydrogens is 256 g/mol. The van der Waals surface area contributed by atoms with Gasteiger partial charge in [0.25, 0.3) is 0 Å². The van der Waals surface area contributed by atoms with Crippen LogP contribution in [0.2, 0.25) is 0 Å². The number of carbonyl (C=O) groups excluding carboxylic acids is 1. The number of pyridine rings is 1. The zero-order valence-electron chi connectivity index (χ0n) is 10.0. The van der Waals surface area contributed by atoms with E-state index in [4.69, 9.17) is 9.84 Å². The third-order valence-corrected chi connectivity index (χ3v) is 3.00. The highest BCUT2D eigenvalue weighted by Gasteiger charge is 2.18. The minimum Gasteiger partial charge on any atom is -0.481 e. The van der Waals surface area contributed by atoms with Crippen LogP contribution in [0.5, 0.6) is 5.88 Å². The first-order valence-electron chi connectivity index (χ1n) is 5.16. The molecule has 0 radical (unpaired) electrons. The van der Waals surface area contributed by atoms with Gasteiger partial charge < -0.3 is 15.2 Å². The predicted octanol–water partition coefficient (Wildman–Crippen LogP) is 0.772. The van der Waals surface area contributed by atoms with E-state index in [2.05, 4.69) is 10.3 Å². The van der Waals surface area contributed by atoms with Crippen molar-refractivity contribution in [2.45, 2.75) is 18.0 Å². The molecule has 0 bridgehead atoms. The van der Waals surface area contributed by atoms with Crippen molar-refractivity contribution in [1.82, 2.24) is 10.3 Å². The van der Waals surface area contributed by atoms with Gasteiger partial charge in [-0.05, 0) is 6.07 Å². The number of nitrogens with one attached hydrogen (secondary N) is 1. The van der Waals surface area contributed by atoms with Crippen LogP contribution in [0.3, 0.4) is 0 Å². The van der Waals surface area contributed by atoms with Crippen molar-refractivity contribution in [3.63, 3.8) is 0 Å². The SMILES string of the molecule is COc1cccc(SCC(NC(C)=O)C(=O)O)n1. The minimum atomic E-state index is -1.07. The van der Waals surface area contributed by atoms with E-state index < -0.39 is 12.0 Å². The molecule has 0 saturated heterocycles. The fourth-order valence-corrected chi connectivity index (χ4v) is 2.07. The first kappa shape index (κ1) is 14.3. The molecule has 0 saturated carbocycles. The topological polar surface area (TPSA) is 88.5 Å². The highest BCUT2D eigenvalue weighted by atomic mass is 32.2. The number of amides is 1. The first-order chi connectivity index (χ1) is 8.52. The number of thioether (sulfide) groups is 1. The number of carboxylic acid groups (broad SMARTS) is 1. The Morgan fingerprint density at radius 1 is 1.56 bits per heavy atom. The van der Waals surface area contributed by atoms with Gasteiger partial charge in [-0.3, -0.25) is 4.79 Å². The van der Waals surface area contributed by atoms with Crippen LogP contribution in [0.1, 0.15) is 6.92 Å². The molecule has 0 aliphatic carbocycles. The Morgan fingerprint density at radius 3 is 2.83 bits per heavy atom. The minimum absolute atomic E-state index is 0.203. The number of aromatic nitrogens is 1. The van der Waals surface area contributed by atoms with Crippen LogP contribution in [0.25, 0.3) is 0 Å². The molecule has 98 valence electrons. The van der Waals surface area contributed by atoms with E-state index in [9.17, 15) is 9.59 Å². The maximum Gasteiger partial charge on any atom is 0.327 e. The third-order valence-electron chi connectivity index (χ3n) is 1.98. The summed E-state index contributed by atoms with van der Waals surface area (Å²) >= 11 is 1.24. The molecule has 1 heterocycles. The molecule has 0 fully saturated rings. The molecule has 6 nitrogen and oxygen atoms in total. The highest BCUT2D eigenvalue weighted by molar-refractivity contribution is 7.99. The summed E-state index contributed by atoms with van der Waals surface area (Å²) in [6.45, 7) is 1.28. The smallest absolute Gasteiger partial charge is 0.327 e. The van der Waals surface area contributed by atoms with Crippen molar-refractivity contribution in [3.8, 4) is 5.88 Å². The van der Waals surface area contributed by atoms with Crippen molar-refractivity contribution < 1.29 is 19.4 Å². The molecule has 0 aliphatic heterocycles.